The largest absolute Gasteiger partial charge is 0.383 e. The van der Waals surface area contributed by atoms with Gasteiger partial charge in [-0.3, -0.25) is 4.79 Å². The second kappa shape index (κ2) is 7.71. The highest BCUT2D eigenvalue weighted by Gasteiger charge is 2.14. The third-order valence-corrected chi connectivity index (χ3v) is 2.94. The number of oxime groups is 1. The van der Waals surface area contributed by atoms with Gasteiger partial charge in [-0.1, -0.05) is 29.4 Å². The Balaban J connectivity index is 1.92. The van der Waals surface area contributed by atoms with Gasteiger partial charge in [-0.15, -0.1) is 0 Å². The summed E-state index contributed by atoms with van der Waals surface area (Å²) in [5.41, 5.74) is 1.19. The number of hydrogen-bond acceptors (Lipinski definition) is 4. The summed E-state index contributed by atoms with van der Waals surface area (Å²) in [6, 6.07) is 14.6. The van der Waals surface area contributed by atoms with Crippen molar-refractivity contribution in [3.8, 4) is 6.07 Å². The number of benzene rings is 2. The topological polar surface area (TPSA) is 74.5 Å². The monoisotopic (exact) mass is 311 g/mol. The van der Waals surface area contributed by atoms with Gasteiger partial charge in [-0.05, 0) is 31.2 Å². The minimum Gasteiger partial charge on any atom is -0.383 e. The fourth-order valence-corrected chi connectivity index (χ4v) is 1.72. The molecule has 0 aliphatic carbocycles. The number of halogens is 1. The van der Waals surface area contributed by atoms with E-state index in [0.29, 0.717) is 11.3 Å². The van der Waals surface area contributed by atoms with Gasteiger partial charge in [0.05, 0.1) is 17.8 Å². The van der Waals surface area contributed by atoms with Gasteiger partial charge >= 0.3 is 0 Å². The average molecular weight is 311 g/mol. The van der Waals surface area contributed by atoms with Crippen molar-refractivity contribution in [1.82, 2.24) is 0 Å². The Kier molecular flexibility index (Phi) is 5.42. The zero-order valence-electron chi connectivity index (χ0n) is 12.4. The number of amides is 1. The zero-order chi connectivity index (χ0) is 16.7. The standard InChI is InChI=1S/C17H14FN3O2/c1-12(23-20-11-14-6-2-3-8-16(14)18)17(22)21-15-7-4-5-13(9-15)10-19/h2-9,11-12H,1H3,(H,21,22)/b20-11-/t12-/m0/s1. The number of carbonyl (C=O) groups is 1. The lowest BCUT2D eigenvalue weighted by atomic mass is 10.2. The molecule has 0 aliphatic rings. The van der Waals surface area contributed by atoms with Gasteiger partial charge in [-0.25, -0.2) is 4.39 Å². The summed E-state index contributed by atoms with van der Waals surface area (Å²) in [4.78, 5) is 17.0. The summed E-state index contributed by atoms with van der Waals surface area (Å²) in [5.74, 6) is -0.851. The van der Waals surface area contributed by atoms with E-state index in [9.17, 15) is 9.18 Å². The highest BCUT2D eigenvalue weighted by Crippen LogP contribution is 2.11. The average Bonchev–Trinajstić information content (AvgIpc) is 2.56. The maximum Gasteiger partial charge on any atom is 0.267 e. The van der Waals surface area contributed by atoms with Crippen LogP contribution in [0.5, 0.6) is 0 Å². The zero-order valence-corrected chi connectivity index (χ0v) is 12.4. The highest BCUT2D eigenvalue weighted by atomic mass is 19.1. The van der Waals surface area contributed by atoms with Crippen molar-refractivity contribution in [3.05, 3.63) is 65.5 Å². The van der Waals surface area contributed by atoms with Gasteiger partial charge in [0.15, 0.2) is 0 Å². The van der Waals surface area contributed by atoms with E-state index in [-0.39, 0.29) is 5.56 Å². The molecule has 0 saturated carbocycles. The van der Waals surface area contributed by atoms with Gasteiger partial charge in [0, 0.05) is 11.3 Å². The minimum absolute atomic E-state index is 0.266. The van der Waals surface area contributed by atoms with Gasteiger partial charge in [0.2, 0.25) is 6.10 Å². The van der Waals surface area contributed by atoms with Crippen LogP contribution >= 0.6 is 0 Å². The predicted octanol–water partition coefficient (Wildman–Crippen LogP) is 3.08. The molecule has 0 saturated heterocycles. The molecule has 0 fully saturated rings. The Morgan fingerprint density at radius 1 is 1.35 bits per heavy atom. The van der Waals surface area contributed by atoms with Crippen molar-refractivity contribution in [1.29, 1.82) is 5.26 Å². The molecule has 1 amide bonds. The van der Waals surface area contributed by atoms with Gasteiger partial charge < -0.3 is 10.2 Å². The first-order valence-corrected chi connectivity index (χ1v) is 6.85. The SMILES string of the molecule is C[C@H](O/N=C\c1ccccc1F)C(=O)Nc1cccc(C#N)c1. The molecule has 116 valence electrons. The van der Waals surface area contributed by atoms with Crippen LogP contribution in [0.3, 0.4) is 0 Å². The predicted molar refractivity (Wildman–Crippen MR) is 84.3 cm³/mol. The van der Waals surface area contributed by atoms with Crippen molar-refractivity contribution in [2.75, 3.05) is 5.32 Å². The first kappa shape index (κ1) is 16.2. The highest BCUT2D eigenvalue weighted by molar-refractivity contribution is 5.94. The van der Waals surface area contributed by atoms with E-state index in [1.807, 2.05) is 6.07 Å². The number of hydrogen-bond donors (Lipinski definition) is 1. The van der Waals surface area contributed by atoms with Crippen molar-refractivity contribution in [3.63, 3.8) is 0 Å². The Labute approximate surface area is 133 Å². The first-order chi connectivity index (χ1) is 11.1. The summed E-state index contributed by atoms with van der Waals surface area (Å²) >= 11 is 0. The van der Waals surface area contributed by atoms with Gasteiger partial charge in [-0.2, -0.15) is 5.26 Å². The number of rotatable bonds is 5. The van der Waals surface area contributed by atoms with E-state index in [1.165, 1.54) is 19.2 Å². The number of anilines is 1. The van der Waals surface area contributed by atoms with E-state index in [4.69, 9.17) is 10.1 Å². The molecule has 0 bridgehead atoms. The summed E-state index contributed by atoms with van der Waals surface area (Å²) in [6.45, 7) is 1.52. The third kappa shape index (κ3) is 4.64. The van der Waals surface area contributed by atoms with Crippen molar-refractivity contribution < 1.29 is 14.0 Å². The van der Waals surface area contributed by atoms with E-state index < -0.39 is 17.8 Å². The van der Waals surface area contributed by atoms with Gasteiger partial charge in [0.25, 0.3) is 5.91 Å². The Morgan fingerprint density at radius 3 is 2.87 bits per heavy atom. The lowest BCUT2D eigenvalue weighted by Gasteiger charge is -2.10. The molecule has 0 unspecified atom stereocenters. The van der Waals surface area contributed by atoms with Crippen LogP contribution < -0.4 is 5.32 Å². The maximum absolute atomic E-state index is 13.4. The quantitative estimate of drug-likeness (QED) is 0.681. The first-order valence-electron chi connectivity index (χ1n) is 6.85. The Morgan fingerprint density at radius 2 is 2.13 bits per heavy atom. The fraction of sp³-hybridized carbons (Fsp3) is 0.118. The fourth-order valence-electron chi connectivity index (χ4n) is 1.72. The van der Waals surface area contributed by atoms with Crippen LogP contribution in [0.1, 0.15) is 18.1 Å². The summed E-state index contributed by atoms with van der Waals surface area (Å²) in [6.07, 6.45) is 0.332. The van der Waals surface area contributed by atoms with Crippen LogP contribution in [-0.2, 0) is 9.63 Å². The van der Waals surface area contributed by atoms with Crippen LogP contribution in [0.2, 0.25) is 0 Å². The number of carbonyl (C=O) groups excluding carboxylic acids is 1. The lowest BCUT2D eigenvalue weighted by molar-refractivity contribution is -0.126. The second-order valence-electron chi connectivity index (χ2n) is 4.69. The maximum atomic E-state index is 13.4. The number of nitriles is 1. The van der Waals surface area contributed by atoms with E-state index in [0.717, 1.165) is 0 Å². The second-order valence-corrected chi connectivity index (χ2v) is 4.69. The molecule has 2 aromatic carbocycles. The minimum atomic E-state index is -0.872. The molecule has 2 aromatic rings. The molecule has 0 spiro atoms. The van der Waals surface area contributed by atoms with Crippen LogP contribution in [0.4, 0.5) is 10.1 Å². The normalized spacial score (nSPS) is 11.7. The smallest absolute Gasteiger partial charge is 0.267 e. The molecule has 2 rings (SSSR count). The molecule has 23 heavy (non-hydrogen) atoms. The summed E-state index contributed by atoms with van der Waals surface area (Å²) < 4.78 is 13.4. The molecule has 0 heterocycles. The van der Waals surface area contributed by atoms with Crippen LogP contribution in [0.25, 0.3) is 0 Å². The van der Waals surface area contributed by atoms with Crippen LogP contribution in [-0.4, -0.2) is 18.2 Å². The van der Waals surface area contributed by atoms with Crippen molar-refractivity contribution >= 4 is 17.8 Å². The van der Waals surface area contributed by atoms with Crippen LogP contribution in [0, 0.1) is 17.1 Å². The molecule has 5 nitrogen and oxygen atoms in total. The number of nitrogens with zero attached hydrogens (tertiary/aromatic N) is 2. The molecule has 6 heteroatoms. The van der Waals surface area contributed by atoms with E-state index in [2.05, 4.69) is 10.5 Å². The lowest BCUT2D eigenvalue weighted by Crippen LogP contribution is -2.26. The summed E-state index contributed by atoms with van der Waals surface area (Å²) in [7, 11) is 0. The van der Waals surface area contributed by atoms with E-state index in [1.54, 1.807) is 42.5 Å². The van der Waals surface area contributed by atoms with Crippen molar-refractivity contribution in [2.24, 2.45) is 5.16 Å². The molecular weight excluding hydrogens is 297 g/mol. The molecule has 0 aliphatic heterocycles. The molecule has 0 aromatic heterocycles. The third-order valence-electron chi connectivity index (χ3n) is 2.94. The molecule has 0 radical (unpaired) electrons. The molecule has 1 atom stereocenters. The Hall–Kier alpha value is -3.20. The van der Waals surface area contributed by atoms with Crippen molar-refractivity contribution in [2.45, 2.75) is 13.0 Å². The summed E-state index contributed by atoms with van der Waals surface area (Å²) in [5, 5.41) is 15.0. The number of nitrogens with one attached hydrogen (secondary N) is 1. The van der Waals surface area contributed by atoms with Gasteiger partial charge in [0.1, 0.15) is 5.82 Å². The van der Waals surface area contributed by atoms with E-state index >= 15 is 0 Å². The van der Waals surface area contributed by atoms with Crippen LogP contribution in [0.15, 0.2) is 53.7 Å². The Bertz CT molecular complexity index is 768. The molecular formula is C17H14FN3O2. The molecule has 1 N–H and O–H groups in total.